The van der Waals surface area contributed by atoms with E-state index in [4.69, 9.17) is 11.3 Å². The summed E-state index contributed by atoms with van der Waals surface area (Å²) in [6, 6.07) is 2.19. The quantitative estimate of drug-likeness (QED) is 0.205. The van der Waals surface area contributed by atoms with Crippen LogP contribution >= 0.6 is 0 Å². The average Bonchev–Trinajstić information content (AvgIpc) is 2.28. The van der Waals surface area contributed by atoms with Crippen LogP contribution in [0.3, 0.4) is 0 Å². The number of nitrogens with two attached hydrogens (primary N) is 1. The predicted molar refractivity (Wildman–Crippen MR) is 56.3 cm³/mol. The van der Waals surface area contributed by atoms with Crippen LogP contribution in [0.5, 0.6) is 0 Å². The van der Waals surface area contributed by atoms with Crippen LogP contribution in [-0.4, -0.2) is 6.54 Å². The van der Waals surface area contributed by atoms with Gasteiger partial charge in [-0.3, -0.25) is 0 Å². The molecule has 0 saturated heterocycles. The summed E-state index contributed by atoms with van der Waals surface area (Å²) in [5.41, 5.74) is 13.3. The van der Waals surface area contributed by atoms with Crippen LogP contribution in [0.15, 0.2) is 17.2 Å². The van der Waals surface area contributed by atoms with Crippen molar-refractivity contribution in [2.24, 2.45) is 5.11 Å². The fourth-order valence-corrected chi connectivity index (χ4v) is 0.994. The molecule has 0 amide bonds. The van der Waals surface area contributed by atoms with Crippen LogP contribution in [-0.2, 0) is 0 Å². The molecule has 0 saturated carbocycles. The van der Waals surface area contributed by atoms with Gasteiger partial charge in [0.25, 0.3) is 0 Å². The zero-order valence-electron chi connectivity index (χ0n) is 8.24. The van der Waals surface area contributed by atoms with Gasteiger partial charge in [0, 0.05) is 17.9 Å². The highest BCUT2D eigenvalue weighted by molar-refractivity contribution is 5.56. The van der Waals surface area contributed by atoms with Gasteiger partial charge in [-0.2, -0.15) is 0 Å². The fraction of sp³-hybridized carbons (Fsp3) is 0.200. The van der Waals surface area contributed by atoms with Gasteiger partial charge in [-0.25, -0.2) is 8.78 Å². The van der Waals surface area contributed by atoms with Crippen molar-refractivity contribution in [1.82, 2.24) is 0 Å². The Bertz CT molecular complexity index is 496. The van der Waals surface area contributed by atoms with E-state index >= 15 is 0 Å². The van der Waals surface area contributed by atoms with Crippen LogP contribution in [0.25, 0.3) is 10.4 Å². The topological polar surface area (TPSA) is 74.8 Å². The maximum absolute atomic E-state index is 13.2. The van der Waals surface area contributed by atoms with E-state index < -0.39 is 11.6 Å². The van der Waals surface area contributed by atoms with E-state index in [2.05, 4.69) is 21.9 Å². The molecule has 1 aromatic carbocycles. The van der Waals surface area contributed by atoms with Crippen molar-refractivity contribution in [1.29, 1.82) is 0 Å². The summed E-state index contributed by atoms with van der Waals surface area (Å²) in [6.07, 6.45) is 0.263. The normalized spacial score (nSPS) is 8.88. The van der Waals surface area contributed by atoms with Crippen LogP contribution in [0, 0.1) is 23.5 Å². The van der Waals surface area contributed by atoms with Crippen molar-refractivity contribution >= 4 is 5.69 Å². The molecular weight excluding hydrogens is 214 g/mol. The number of nitrogens with zero attached hydrogens (tertiary/aromatic N) is 3. The van der Waals surface area contributed by atoms with Gasteiger partial charge in [-0.1, -0.05) is 17.0 Å². The molecule has 0 unspecified atom stereocenters. The number of nitrogen functional groups attached to an aromatic ring is 1. The lowest BCUT2D eigenvalue weighted by atomic mass is 10.1. The van der Waals surface area contributed by atoms with E-state index in [1.165, 1.54) is 6.07 Å². The molecule has 0 fully saturated rings. The van der Waals surface area contributed by atoms with Crippen LogP contribution in [0.4, 0.5) is 14.5 Å². The maximum atomic E-state index is 13.2. The number of rotatable bonds is 2. The number of halogens is 2. The van der Waals surface area contributed by atoms with Gasteiger partial charge in [-0.15, -0.1) is 0 Å². The number of hydrogen-bond acceptors (Lipinski definition) is 2. The second kappa shape index (κ2) is 5.59. The van der Waals surface area contributed by atoms with Crippen molar-refractivity contribution < 1.29 is 8.78 Å². The van der Waals surface area contributed by atoms with Gasteiger partial charge in [0.2, 0.25) is 0 Å². The SMILES string of the molecule is [N-]=[N+]=NCCC#Cc1c(N)ccc(F)c1F. The van der Waals surface area contributed by atoms with E-state index in [0.717, 1.165) is 6.07 Å². The standard InChI is InChI=1S/C10H8F2N4/c11-8-4-5-9(13)7(10(8)12)3-1-2-6-15-16-14/h4-5H,2,6,13H2. The van der Waals surface area contributed by atoms with Crippen LogP contribution in [0.1, 0.15) is 12.0 Å². The van der Waals surface area contributed by atoms with E-state index in [9.17, 15) is 8.78 Å². The molecule has 2 N–H and O–H groups in total. The van der Waals surface area contributed by atoms with Gasteiger partial charge >= 0.3 is 0 Å². The number of anilines is 1. The zero-order chi connectivity index (χ0) is 12.0. The van der Waals surface area contributed by atoms with Gasteiger partial charge in [0.05, 0.1) is 11.3 Å². The summed E-state index contributed by atoms with van der Waals surface area (Å²) < 4.78 is 26.0. The first-order valence-electron chi connectivity index (χ1n) is 4.40. The van der Waals surface area contributed by atoms with Crippen molar-refractivity contribution in [3.05, 3.63) is 39.8 Å². The minimum atomic E-state index is -1.06. The van der Waals surface area contributed by atoms with E-state index in [0.29, 0.717) is 0 Å². The number of azide groups is 1. The molecule has 82 valence electrons. The largest absolute Gasteiger partial charge is 0.398 e. The Morgan fingerprint density at radius 2 is 2.19 bits per heavy atom. The first-order chi connectivity index (χ1) is 7.66. The van der Waals surface area contributed by atoms with Gasteiger partial charge in [-0.05, 0) is 17.7 Å². The second-order valence-corrected chi connectivity index (χ2v) is 2.83. The Morgan fingerprint density at radius 1 is 1.44 bits per heavy atom. The summed E-state index contributed by atoms with van der Waals surface area (Å²) >= 11 is 0. The van der Waals surface area contributed by atoms with E-state index in [1.54, 1.807) is 0 Å². The lowest BCUT2D eigenvalue weighted by Gasteiger charge is -2.00. The lowest BCUT2D eigenvalue weighted by Crippen LogP contribution is -1.97. The van der Waals surface area contributed by atoms with E-state index in [1.807, 2.05) is 0 Å². The van der Waals surface area contributed by atoms with Gasteiger partial charge < -0.3 is 5.73 Å². The zero-order valence-corrected chi connectivity index (χ0v) is 8.24. The fourth-order valence-electron chi connectivity index (χ4n) is 0.994. The Hall–Kier alpha value is -2.25. The smallest absolute Gasteiger partial charge is 0.176 e. The molecular formula is C10H8F2N4. The molecule has 0 spiro atoms. The molecule has 16 heavy (non-hydrogen) atoms. The third-order valence-corrected chi connectivity index (χ3v) is 1.74. The summed E-state index contributed by atoms with van der Waals surface area (Å²) in [5, 5.41) is 3.24. The second-order valence-electron chi connectivity index (χ2n) is 2.83. The molecule has 0 aliphatic heterocycles. The first-order valence-corrected chi connectivity index (χ1v) is 4.40. The lowest BCUT2D eigenvalue weighted by molar-refractivity contribution is 0.507. The molecule has 0 radical (unpaired) electrons. The minimum Gasteiger partial charge on any atom is -0.398 e. The summed E-state index contributed by atoms with van der Waals surface area (Å²) in [5.74, 6) is 2.90. The molecule has 0 atom stereocenters. The van der Waals surface area contributed by atoms with Crippen LogP contribution < -0.4 is 5.73 Å². The van der Waals surface area contributed by atoms with Crippen molar-refractivity contribution in [3.63, 3.8) is 0 Å². The summed E-state index contributed by atoms with van der Waals surface area (Å²) in [4.78, 5) is 2.53. The van der Waals surface area contributed by atoms with Crippen molar-refractivity contribution in [2.75, 3.05) is 12.3 Å². The molecule has 0 aromatic heterocycles. The molecule has 6 heteroatoms. The molecule has 0 aliphatic rings. The predicted octanol–water partition coefficient (Wildman–Crippen LogP) is 2.60. The number of hydrogen-bond donors (Lipinski definition) is 1. The monoisotopic (exact) mass is 222 g/mol. The molecule has 4 nitrogen and oxygen atoms in total. The highest BCUT2D eigenvalue weighted by Gasteiger charge is 2.08. The molecule has 0 bridgehead atoms. The highest BCUT2D eigenvalue weighted by Crippen LogP contribution is 2.17. The van der Waals surface area contributed by atoms with Crippen molar-refractivity contribution in [3.8, 4) is 11.8 Å². The first kappa shape index (κ1) is 11.8. The minimum absolute atomic E-state index is 0.0789. The van der Waals surface area contributed by atoms with E-state index in [-0.39, 0.29) is 24.2 Å². The summed E-state index contributed by atoms with van der Waals surface area (Å²) in [7, 11) is 0. The van der Waals surface area contributed by atoms with Gasteiger partial charge in [0.1, 0.15) is 0 Å². The Morgan fingerprint density at radius 3 is 2.88 bits per heavy atom. The van der Waals surface area contributed by atoms with Gasteiger partial charge in [0.15, 0.2) is 11.6 Å². The number of benzene rings is 1. The highest BCUT2D eigenvalue weighted by atomic mass is 19.2. The molecule has 0 aliphatic carbocycles. The third-order valence-electron chi connectivity index (χ3n) is 1.74. The average molecular weight is 222 g/mol. The third kappa shape index (κ3) is 2.87. The molecule has 1 rings (SSSR count). The summed E-state index contributed by atoms with van der Waals surface area (Å²) in [6.45, 7) is 0.181. The van der Waals surface area contributed by atoms with Crippen molar-refractivity contribution in [2.45, 2.75) is 6.42 Å². The molecule has 0 heterocycles. The van der Waals surface area contributed by atoms with Crippen LogP contribution in [0.2, 0.25) is 0 Å². The Kier molecular flexibility index (Phi) is 4.13. The Labute approximate surface area is 90.7 Å². The molecule has 1 aromatic rings. The maximum Gasteiger partial charge on any atom is 0.176 e. The Balaban J connectivity index is 2.87.